The van der Waals surface area contributed by atoms with E-state index in [1.807, 2.05) is 0 Å². The molecule has 0 atom stereocenters. The Morgan fingerprint density at radius 1 is 0.708 bits per heavy atom. The third-order valence-corrected chi connectivity index (χ3v) is 5.56. The molecule has 1 nitrogen and oxygen atoms in total. The molecule has 0 radical (unpaired) electrons. The van der Waals surface area contributed by atoms with Crippen molar-refractivity contribution in [3.05, 3.63) is 95.6 Å². The van der Waals surface area contributed by atoms with Crippen LogP contribution >= 0.6 is 15.9 Å². The lowest BCUT2D eigenvalue weighted by atomic mass is 9.64. The number of hydrogen-bond donors (Lipinski definition) is 1. The molecule has 0 unspecified atom stereocenters. The zero-order valence-corrected chi connectivity index (χ0v) is 15.1. The molecule has 24 heavy (non-hydrogen) atoms. The first-order chi connectivity index (χ1) is 11.9. The predicted molar refractivity (Wildman–Crippen MR) is 106 cm³/mol. The first-order valence-electron chi connectivity index (χ1n) is 8.44. The van der Waals surface area contributed by atoms with Crippen LogP contribution in [-0.4, -0.2) is 5.33 Å². The van der Waals surface area contributed by atoms with Gasteiger partial charge in [-0.1, -0.05) is 82.7 Å². The Bertz CT molecular complexity index is 796. The Labute approximate surface area is 151 Å². The third-order valence-electron chi connectivity index (χ3n) is 5.00. The Balaban J connectivity index is 2.04. The quantitative estimate of drug-likeness (QED) is 0.529. The van der Waals surface area contributed by atoms with Crippen molar-refractivity contribution in [2.75, 3.05) is 10.6 Å². The summed E-state index contributed by atoms with van der Waals surface area (Å²) >= 11 is 3.64. The van der Waals surface area contributed by atoms with Crippen molar-refractivity contribution in [3.63, 3.8) is 0 Å². The molecule has 1 aliphatic rings. The molecule has 0 saturated carbocycles. The Kier molecular flexibility index (Phi) is 4.15. The van der Waals surface area contributed by atoms with Crippen LogP contribution in [0.4, 0.5) is 11.4 Å². The van der Waals surface area contributed by atoms with E-state index in [4.69, 9.17) is 0 Å². The maximum absolute atomic E-state index is 3.64. The summed E-state index contributed by atoms with van der Waals surface area (Å²) in [4.78, 5) is 0. The van der Waals surface area contributed by atoms with Gasteiger partial charge in [0.1, 0.15) is 0 Å². The predicted octanol–water partition coefficient (Wildman–Crippen LogP) is 6.25. The fraction of sp³-hybridized carbons (Fsp3) is 0.182. The number of para-hydroxylation sites is 2. The topological polar surface area (TPSA) is 12.0 Å². The standard InChI is InChI=1S/C22H20BrN/c23-16-8-15-22(17-9-2-1-3-10-17)18-11-4-6-13-20(18)24-21-14-7-5-12-19(21)22/h1-7,9-14,24H,8,15-16H2. The number of nitrogens with one attached hydrogen (secondary N) is 1. The normalized spacial score (nSPS) is 14.4. The van der Waals surface area contributed by atoms with E-state index in [-0.39, 0.29) is 5.41 Å². The van der Waals surface area contributed by atoms with Gasteiger partial charge in [-0.2, -0.15) is 0 Å². The van der Waals surface area contributed by atoms with Crippen molar-refractivity contribution >= 4 is 27.3 Å². The van der Waals surface area contributed by atoms with E-state index in [9.17, 15) is 0 Å². The molecular formula is C22H20BrN. The molecule has 0 aromatic heterocycles. The second kappa shape index (κ2) is 6.45. The summed E-state index contributed by atoms with van der Waals surface area (Å²) in [6, 6.07) is 28.4. The lowest BCUT2D eigenvalue weighted by Gasteiger charge is -2.42. The Hall–Kier alpha value is -2.06. The fourth-order valence-corrected chi connectivity index (χ4v) is 4.28. The number of benzene rings is 3. The average molecular weight is 378 g/mol. The zero-order valence-electron chi connectivity index (χ0n) is 13.5. The van der Waals surface area contributed by atoms with E-state index >= 15 is 0 Å². The Morgan fingerprint density at radius 3 is 1.83 bits per heavy atom. The molecule has 0 spiro atoms. The van der Waals surface area contributed by atoms with Gasteiger partial charge in [-0.25, -0.2) is 0 Å². The summed E-state index contributed by atoms with van der Waals surface area (Å²) in [7, 11) is 0. The van der Waals surface area contributed by atoms with E-state index in [2.05, 4.69) is 100 Å². The van der Waals surface area contributed by atoms with Crippen molar-refractivity contribution in [1.29, 1.82) is 0 Å². The number of fused-ring (bicyclic) bond motifs is 2. The van der Waals surface area contributed by atoms with Crippen LogP contribution in [-0.2, 0) is 5.41 Å². The van der Waals surface area contributed by atoms with Crippen LogP contribution in [0.25, 0.3) is 0 Å². The van der Waals surface area contributed by atoms with Crippen molar-refractivity contribution < 1.29 is 0 Å². The van der Waals surface area contributed by atoms with Gasteiger partial charge in [0.05, 0.1) is 0 Å². The lowest BCUT2D eigenvalue weighted by molar-refractivity contribution is 0.552. The van der Waals surface area contributed by atoms with Crippen LogP contribution in [0, 0.1) is 0 Å². The van der Waals surface area contributed by atoms with Crippen molar-refractivity contribution in [2.45, 2.75) is 18.3 Å². The second-order valence-electron chi connectivity index (χ2n) is 6.28. The second-order valence-corrected chi connectivity index (χ2v) is 7.07. The van der Waals surface area contributed by atoms with Crippen LogP contribution in [0.3, 0.4) is 0 Å². The van der Waals surface area contributed by atoms with Crippen LogP contribution in [0.2, 0.25) is 0 Å². The third kappa shape index (κ3) is 2.37. The SMILES string of the molecule is BrCCCC1(c2ccccc2)c2ccccc2Nc2ccccc21. The van der Waals surface area contributed by atoms with Crippen LogP contribution < -0.4 is 5.32 Å². The van der Waals surface area contributed by atoms with Gasteiger partial charge in [0.2, 0.25) is 0 Å². The van der Waals surface area contributed by atoms with Crippen LogP contribution in [0.1, 0.15) is 29.5 Å². The Morgan fingerprint density at radius 2 is 1.25 bits per heavy atom. The van der Waals surface area contributed by atoms with E-state index in [1.54, 1.807) is 0 Å². The molecule has 0 bridgehead atoms. The number of halogens is 1. The summed E-state index contributed by atoms with van der Waals surface area (Å²) in [6.07, 6.45) is 2.20. The van der Waals surface area contributed by atoms with E-state index in [1.165, 1.54) is 28.1 Å². The highest BCUT2D eigenvalue weighted by Crippen LogP contribution is 2.51. The number of rotatable bonds is 4. The highest BCUT2D eigenvalue weighted by Gasteiger charge is 2.41. The fourth-order valence-electron chi connectivity index (χ4n) is 4.00. The highest BCUT2D eigenvalue weighted by atomic mass is 79.9. The summed E-state index contributed by atoms with van der Waals surface area (Å²) < 4.78 is 0. The molecular weight excluding hydrogens is 358 g/mol. The smallest absolute Gasteiger partial charge is 0.0492 e. The minimum Gasteiger partial charge on any atom is -0.355 e. The van der Waals surface area contributed by atoms with E-state index < -0.39 is 0 Å². The van der Waals surface area contributed by atoms with Gasteiger partial charge < -0.3 is 5.32 Å². The van der Waals surface area contributed by atoms with Gasteiger partial charge >= 0.3 is 0 Å². The van der Waals surface area contributed by atoms with Crippen molar-refractivity contribution in [1.82, 2.24) is 0 Å². The summed E-state index contributed by atoms with van der Waals surface area (Å²) in [5.41, 5.74) is 6.44. The molecule has 120 valence electrons. The van der Waals surface area contributed by atoms with Gasteiger partial charge in [-0.15, -0.1) is 0 Å². The molecule has 0 saturated heterocycles. The molecule has 0 aliphatic carbocycles. The molecule has 3 aromatic rings. The van der Waals surface area contributed by atoms with Gasteiger partial charge in [0, 0.05) is 22.1 Å². The summed E-state index contributed by atoms with van der Waals surface area (Å²) in [5, 5.41) is 4.64. The van der Waals surface area contributed by atoms with Gasteiger partial charge in [0.15, 0.2) is 0 Å². The number of alkyl halides is 1. The molecule has 1 heterocycles. The molecule has 0 amide bonds. The van der Waals surface area contributed by atoms with Crippen molar-refractivity contribution in [2.24, 2.45) is 0 Å². The molecule has 1 N–H and O–H groups in total. The van der Waals surface area contributed by atoms with E-state index in [0.29, 0.717) is 0 Å². The molecule has 4 rings (SSSR count). The largest absolute Gasteiger partial charge is 0.355 e. The lowest BCUT2D eigenvalue weighted by Crippen LogP contribution is -2.34. The number of anilines is 2. The molecule has 0 fully saturated rings. The minimum absolute atomic E-state index is 0.104. The van der Waals surface area contributed by atoms with Gasteiger partial charge in [0.25, 0.3) is 0 Å². The highest BCUT2D eigenvalue weighted by molar-refractivity contribution is 9.09. The first kappa shape index (κ1) is 15.5. The molecule has 3 aromatic carbocycles. The van der Waals surface area contributed by atoms with Crippen LogP contribution in [0.15, 0.2) is 78.9 Å². The molecule has 1 aliphatic heterocycles. The van der Waals surface area contributed by atoms with Gasteiger partial charge in [-0.05, 0) is 41.7 Å². The van der Waals surface area contributed by atoms with Gasteiger partial charge in [-0.3, -0.25) is 0 Å². The maximum atomic E-state index is 3.64. The number of hydrogen-bond acceptors (Lipinski definition) is 1. The van der Waals surface area contributed by atoms with E-state index in [0.717, 1.165) is 18.2 Å². The zero-order chi connectivity index (χ0) is 16.4. The molecule has 2 heteroatoms. The first-order valence-corrected chi connectivity index (χ1v) is 9.56. The monoisotopic (exact) mass is 377 g/mol. The minimum atomic E-state index is -0.104. The van der Waals surface area contributed by atoms with Crippen LogP contribution in [0.5, 0.6) is 0 Å². The maximum Gasteiger partial charge on any atom is 0.0492 e. The van der Waals surface area contributed by atoms with Crippen molar-refractivity contribution in [3.8, 4) is 0 Å². The summed E-state index contributed by atoms with van der Waals surface area (Å²) in [6.45, 7) is 0. The summed E-state index contributed by atoms with van der Waals surface area (Å²) in [5.74, 6) is 0. The average Bonchev–Trinajstić information content (AvgIpc) is 2.66.